The number of fused-ring (bicyclic) bond motifs is 9. The maximum Gasteiger partial charge on any atom is 0.164 e. The molecule has 0 amide bonds. The summed E-state index contributed by atoms with van der Waals surface area (Å²) in [6.45, 7) is 4.70. The second kappa shape index (κ2) is 14.3. The van der Waals surface area contributed by atoms with Gasteiger partial charge < -0.3 is 8.83 Å². The van der Waals surface area contributed by atoms with Gasteiger partial charge in [-0.3, -0.25) is 0 Å². The Balaban J connectivity index is 0.971. The van der Waals surface area contributed by atoms with Gasteiger partial charge in [0.15, 0.2) is 17.5 Å². The molecule has 3 aromatic heterocycles. The van der Waals surface area contributed by atoms with Gasteiger partial charge in [-0.25, -0.2) is 15.0 Å². The highest BCUT2D eigenvalue weighted by Crippen LogP contribution is 2.52. The Bertz CT molecular complexity index is 3860. The zero-order chi connectivity index (χ0) is 43.2. The van der Waals surface area contributed by atoms with Crippen molar-refractivity contribution in [3.8, 4) is 78.7 Å². The highest BCUT2D eigenvalue weighted by Gasteiger charge is 2.37. The van der Waals surface area contributed by atoms with Crippen molar-refractivity contribution in [2.24, 2.45) is 0 Å². The Morgan fingerprint density at radius 3 is 1.60 bits per heavy atom. The first-order chi connectivity index (χ1) is 32.0. The Labute approximate surface area is 375 Å². The van der Waals surface area contributed by atoms with Crippen LogP contribution in [0.4, 0.5) is 0 Å². The molecule has 306 valence electrons. The summed E-state index contributed by atoms with van der Waals surface area (Å²) in [7, 11) is 0. The van der Waals surface area contributed by atoms with Crippen molar-refractivity contribution in [1.82, 2.24) is 15.0 Å². The number of aromatic nitrogens is 3. The van der Waals surface area contributed by atoms with E-state index in [-0.39, 0.29) is 5.41 Å². The number of hydrogen-bond donors (Lipinski definition) is 0. The predicted octanol–water partition coefficient (Wildman–Crippen LogP) is 16.0. The van der Waals surface area contributed by atoms with Gasteiger partial charge in [-0.2, -0.15) is 0 Å². The van der Waals surface area contributed by atoms with Crippen LogP contribution in [0.15, 0.2) is 209 Å². The third-order valence-corrected chi connectivity index (χ3v) is 13.4. The predicted molar refractivity (Wildman–Crippen MR) is 265 cm³/mol. The first-order valence-electron chi connectivity index (χ1n) is 22.1. The van der Waals surface area contributed by atoms with E-state index in [4.69, 9.17) is 23.8 Å². The second-order valence-electron chi connectivity index (χ2n) is 17.5. The van der Waals surface area contributed by atoms with Gasteiger partial charge in [0.05, 0.1) is 0 Å². The van der Waals surface area contributed by atoms with Crippen LogP contribution in [0.5, 0.6) is 0 Å². The molecule has 0 radical (unpaired) electrons. The molecule has 9 aromatic carbocycles. The molecule has 5 nitrogen and oxygen atoms in total. The van der Waals surface area contributed by atoms with Crippen molar-refractivity contribution in [3.05, 3.63) is 211 Å². The van der Waals surface area contributed by atoms with Crippen LogP contribution in [-0.2, 0) is 5.41 Å². The highest BCUT2D eigenvalue weighted by molar-refractivity contribution is 6.14. The summed E-state index contributed by atoms with van der Waals surface area (Å²) in [5, 5.41) is 3.93. The molecule has 0 N–H and O–H groups in total. The van der Waals surface area contributed by atoms with E-state index in [1.165, 1.54) is 33.4 Å². The summed E-state index contributed by atoms with van der Waals surface area (Å²) in [5.74, 6) is 1.70. The van der Waals surface area contributed by atoms with Gasteiger partial charge in [-0.05, 0) is 92.0 Å². The van der Waals surface area contributed by atoms with Crippen LogP contribution in [0.3, 0.4) is 0 Å². The maximum absolute atomic E-state index is 6.60. The van der Waals surface area contributed by atoms with Gasteiger partial charge in [0, 0.05) is 43.7 Å². The summed E-state index contributed by atoms with van der Waals surface area (Å²) in [6.07, 6.45) is 0. The maximum atomic E-state index is 6.60. The largest absolute Gasteiger partial charge is 0.456 e. The third kappa shape index (κ3) is 5.89. The normalized spacial score (nSPS) is 12.9. The fourth-order valence-corrected chi connectivity index (χ4v) is 10.3. The third-order valence-electron chi connectivity index (χ3n) is 13.4. The molecular formula is C60H39N3O2. The lowest BCUT2D eigenvalue weighted by Crippen LogP contribution is -2.16. The number of hydrogen-bond acceptors (Lipinski definition) is 5. The van der Waals surface area contributed by atoms with E-state index in [1.54, 1.807) is 0 Å². The van der Waals surface area contributed by atoms with Crippen LogP contribution in [-0.4, -0.2) is 15.0 Å². The van der Waals surface area contributed by atoms with Crippen molar-refractivity contribution < 1.29 is 8.83 Å². The number of para-hydroxylation sites is 1. The van der Waals surface area contributed by atoms with Gasteiger partial charge >= 0.3 is 0 Å². The smallest absolute Gasteiger partial charge is 0.164 e. The molecule has 12 aromatic rings. The molecule has 0 atom stereocenters. The zero-order valence-electron chi connectivity index (χ0n) is 35.7. The van der Waals surface area contributed by atoms with Crippen molar-refractivity contribution in [2.75, 3.05) is 0 Å². The minimum absolute atomic E-state index is 0.122. The summed E-state index contributed by atoms with van der Waals surface area (Å²) in [5.41, 5.74) is 18.0. The lowest BCUT2D eigenvalue weighted by atomic mass is 9.78. The molecule has 0 saturated heterocycles. The lowest BCUT2D eigenvalue weighted by Gasteiger charge is -2.24. The lowest BCUT2D eigenvalue weighted by molar-refractivity contribution is 0.662. The zero-order valence-corrected chi connectivity index (χ0v) is 35.7. The average Bonchev–Trinajstić information content (AvgIpc) is 4.01. The molecule has 0 aliphatic heterocycles. The van der Waals surface area contributed by atoms with Crippen LogP contribution >= 0.6 is 0 Å². The standard InChI is InChI=1S/C60H39N3O2/c1-60(2)49-24-8-6-18-43(49)44-21-11-20-42(56(44)60)41-17-10-16-39(34-41)40-32-33-51-48(35-40)55-47(23-13-27-53(55)65-51)59-62-57(38-30-28-37(29-31-38)36-14-4-3-5-15-36)61-58(63-59)46-22-12-26-52-54(46)45-19-7-9-25-50(45)64-52/h3-35H,1-2H3. The molecule has 65 heavy (non-hydrogen) atoms. The quantitative estimate of drug-likeness (QED) is 0.167. The number of furan rings is 2. The minimum atomic E-state index is -0.122. The van der Waals surface area contributed by atoms with Crippen molar-refractivity contribution in [3.63, 3.8) is 0 Å². The molecule has 1 aliphatic carbocycles. The highest BCUT2D eigenvalue weighted by atomic mass is 16.3. The van der Waals surface area contributed by atoms with E-state index in [2.05, 4.69) is 166 Å². The second-order valence-corrected chi connectivity index (χ2v) is 17.5. The van der Waals surface area contributed by atoms with Crippen LogP contribution in [0.2, 0.25) is 0 Å². The van der Waals surface area contributed by atoms with Gasteiger partial charge in [0.1, 0.15) is 22.3 Å². The molecule has 3 heterocycles. The fourth-order valence-electron chi connectivity index (χ4n) is 10.3. The summed E-state index contributed by atoms with van der Waals surface area (Å²) < 4.78 is 12.9. The van der Waals surface area contributed by atoms with Crippen molar-refractivity contribution in [1.29, 1.82) is 0 Å². The van der Waals surface area contributed by atoms with Crippen molar-refractivity contribution >= 4 is 43.9 Å². The minimum Gasteiger partial charge on any atom is -0.456 e. The average molecular weight is 834 g/mol. The molecule has 13 rings (SSSR count). The van der Waals surface area contributed by atoms with E-state index in [1.807, 2.05) is 48.5 Å². The molecule has 5 heteroatoms. The Kier molecular flexibility index (Phi) is 8.18. The molecule has 1 aliphatic rings. The summed E-state index contributed by atoms with van der Waals surface area (Å²) in [4.78, 5) is 15.8. The molecule has 0 saturated carbocycles. The van der Waals surface area contributed by atoms with Gasteiger partial charge in [-0.15, -0.1) is 0 Å². The Hall–Kier alpha value is -8.41. The van der Waals surface area contributed by atoms with Gasteiger partial charge in [-0.1, -0.05) is 178 Å². The molecule has 0 fully saturated rings. The first kappa shape index (κ1) is 37.2. The van der Waals surface area contributed by atoms with Gasteiger partial charge in [0.25, 0.3) is 0 Å². The molecule has 0 bridgehead atoms. The van der Waals surface area contributed by atoms with Gasteiger partial charge in [0.2, 0.25) is 0 Å². The van der Waals surface area contributed by atoms with Crippen LogP contribution in [0, 0.1) is 0 Å². The molecule has 0 unspecified atom stereocenters. The van der Waals surface area contributed by atoms with Crippen LogP contribution in [0.25, 0.3) is 123 Å². The number of rotatable bonds is 6. The van der Waals surface area contributed by atoms with Crippen molar-refractivity contribution in [2.45, 2.75) is 19.3 Å². The van der Waals surface area contributed by atoms with E-state index < -0.39 is 0 Å². The molecular weight excluding hydrogens is 795 g/mol. The Morgan fingerprint density at radius 1 is 0.323 bits per heavy atom. The SMILES string of the molecule is CC1(C)c2ccccc2-c2cccc(-c3cccc(-c4ccc5oc6cccc(-c7nc(-c8ccc(-c9ccccc9)cc8)nc(-c8cccc9oc%10ccccc%10c89)n7)c6c5c4)c3)c21. The first-order valence-corrected chi connectivity index (χ1v) is 22.1. The van der Waals surface area contributed by atoms with E-state index in [0.717, 1.165) is 82.8 Å². The monoisotopic (exact) mass is 833 g/mol. The summed E-state index contributed by atoms with van der Waals surface area (Å²) >= 11 is 0. The van der Waals surface area contributed by atoms with E-state index >= 15 is 0 Å². The fraction of sp³-hybridized carbons (Fsp3) is 0.0500. The summed E-state index contributed by atoms with van der Waals surface area (Å²) in [6, 6.07) is 70.2. The Morgan fingerprint density at radius 2 is 0.815 bits per heavy atom. The number of benzene rings is 9. The van der Waals surface area contributed by atoms with Crippen LogP contribution < -0.4 is 0 Å². The van der Waals surface area contributed by atoms with E-state index in [9.17, 15) is 0 Å². The van der Waals surface area contributed by atoms with Crippen LogP contribution in [0.1, 0.15) is 25.0 Å². The topological polar surface area (TPSA) is 65.0 Å². The molecule has 0 spiro atoms. The van der Waals surface area contributed by atoms with E-state index in [0.29, 0.717) is 17.5 Å². The number of nitrogens with zero attached hydrogens (tertiary/aromatic N) is 3.